The van der Waals surface area contributed by atoms with Crippen LogP contribution in [0.3, 0.4) is 0 Å². The molecule has 0 fully saturated rings. The van der Waals surface area contributed by atoms with Crippen molar-refractivity contribution in [1.29, 1.82) is 0 Å². The van der Waals surface area contributed by atoms with Crippen LogP contribution in [0.4, 0.5) is 10.3 Å². The van der Waals surface area contributed by atoms with E-state index < -0.39 is 6.04 Å². The summed E-state index contributed by atoms with van der Waals surface area (Å²) >= 11 is 6.44. The maximum absolute atomic E-state index is 13.5. The minimum absolute atomic E-state index is 0.271. The fourth-order valence-electron chi connectivity index (χ4n) is 3.32. The van der Waals surface area contributed by atoms with Gasteiger partial charge in [0.1, 0.15) is 11.2 Å². The van der Waals surface area contributed by atoms with Gasteiger partial charge in [0.05, 0.1) is 17.8 Å². The molecule has 0 bridgehead atoms. The Morgan fingerprint density at radius 2 is 1.83 bits per heavy atom. The molecule has 2 aromatic heterocycles. The molecule has 154 valence electrons. The topological polar surface area (TPSA) is 75.6 Å². The second kappa shape index (κ2) is 7.57. The first-order valence-electron chi connectivity index (χ1n) is 9.49. The lowest BCUT2D eigenvalue weighted by Gasteiger charge is -2.22. The van der Waals surface area contributed by atoms with Gasteiger partial charge in [0.2, 0.25) is 5.95 Å². The number of aromatic amines is 1. The van der Waals surface area contributed by atoms with Gasteiger partial charge < -0.3 is 5.32 Å². The van der Waals surface area contributed by atoms with E-state index in [-0.39, 0.29) is 22.9 Å². The van der Waals surface area contributed by atoms with Crippen molar-refractivity contribution < 1.29 is 4.39 Å². The lowest BCUT2D eigenvalue weighted by atomic mass is 9.98. The lowest BCUT2D eigenvalue weighted by molar-refractivity contribution is 0.366. The molecule has 0 aliphatic carbocycles. The highest BCUT2D eigenvalue weighted by Gasteiger charge is 2.22. The molecule has 8 heteroatoms. The van der Waals surface area contributed by atoms with Crippen molar-refractivity contribution in [2.24, 2.45) is 0 Å². The van der Waals surface area contributed by atoms with Crippen LogP contribution in [0.5, 0.6) is 0 Å². The van der Waals surface area contributed by atoms with E-state index in [9.17, 15) is 9.18 Å². The number of benzene rings is 2. The van der Waals surface area contributed by atoms with Crippen LogP contribution in [-0.4, -0.2) is 19.7 Å². The molecule has 2 heterocycles. The van der Waals surface area contributed by atoms with Gasteiger partial charge in [0, 0.05) is 5.02 Å². The third-order valence-electron chi connectivity index (χ3n) is 4.77. The average molecular weight is 426 g/mol. The number of anilines is 1. The third-order valence-corrected chi connectivity index (χ3v) is 5.12. The SMILES string of the molecule is CC(C)(C)n1ncc2c(=O)[nH]c(NC(c3ccc(F)cc3)c3ccccc3Cl)nc21. The van der Waals surface area contributed by atoms with Crippen molar-refractivity contribution in [3.8, 4) is 0 Å². The van der Waals surface area contributed by atoms with Gasteiger partial charge in [-0.25, -0.2) is 9.07 Å². The first-order chi connectivity index (χ1) is 14.2. The summed E-state index contributed by atoms with van der Waals surface area (Å²) in [5.41, 5.74) is 1.38. The summed E-state index contributed by atoms with van der Waals surface area (Å²) in [6.45, 7) is 5.96. The molecule has 0 spiro atoms. The van der Waals surface area contributed by atoms with Crippen molar-refractivity contribution in [3.63, 3.8) is 0 Å². The zero-order valence-corrected chi connectivity index (χ0v) is 17.5. The molecule has 1 unspecified atom stereocenters. The highest BCUT2D eigenvalue weighted by molar-refractivity contribution is 6.31. The number of H-pyrrole nitrogens is 1. The van der Waals surface area contributed by atoms with Crippen LogP contribution in [0.25, 0.3) is 11.0 Å². The molecule has 6 nitrogen and oxygen atoms in total. The second-order valence-electron chi connectivity index (χ2n) is 8.03. The monoisotopic (exact) mass is 425 g/mol. The fraction of sp³-hybridized carbons (Fsp3) is 0.227. The lowest BCUT2D eigenvalue weighted by Crippen LogP contribution is -2.25. The Labute approximate surface area is 177 Å². The number of nitrogens with one attached hydrogen (secondary N) is 2. The van der Waals surface area contributed by atoms with Crippen molar-refractivity contribution in [2.75, 3.05) is 5.32 Å². The van der Waals surface area contributed by atoms with Gasteiger partial charge in [-0.3, -0.25) is 9.78 Å². The summed E-state index contributed by atoms with van der Waals surface area (Å²) < 4.78 is 15.2. The minimum Gasteiger partial charge on any atom is -0.345 e. The molecule has 1 atom stereocenters. The molecule has 0 saturated heterocycles. The number of hydrogen-bond donors (Lipinski definition) is 2. The number of fused-ring (bicyclic) bond motifs is 1. The van der Waals surface area contributed by atoms with Gasteiger partial charge in [-0.05, 0) is 50.1 Å². The van der Waals surface area contributed by atoms with Gasteiger partial charge in [0.15, 0.2) is 5.65 Å². The van der Waals surface area contributed by atoms with E-state index in [1.165, 1.54) is 18.3 Å². The summed E-state index contributed by atoms with van der Waals surface area (Å²) in [5.74, 6) is -0.0635. The quantitative estimate of drug-likeness (QED) is 0.489. The number of nitrogens with zero attached hydrogens (tertiary/aromatic N) is 3. The normalized spacial score (nSPS) is 12.8. The molecular weight excluding hydrogens is 405 g/mol. The first-order valence-corrected chi connectivity index (χ1v) is 9.87. The summed E-state index contributed by atoms with van der Waals surface area (Å²) in [4.78, 5) is 20.0. The molecule has 0 radical (unpaired) electrons. The van der Waals surface area contributed by atoms with Crippen LogP contribution in [0, 0.1) is 5.82 Å². The minimum atomic E-state index is -0.453. The van der Waals surface area contributed by atoms with E-state index in [0.717, 1.165) is 11.1 Å². The molecule has 2 aromatic carbocycles. The maximum atomic E-state index is 13.5. The van der Waals surface area contributed by atoms with E-state index in [0.29, 0.717) is 16.1 Å². The smallest absolute Gasteiger partial charge is 0.263 e. The van der Waals surface area contributed by atoms with Crippen LogP contribution >= 0.6 is 11.6 Å². The van der Waals surface area contributed by atoms with E-state index in [2.05, 4.69) is 20.4 Å². The van der Waals surface area contributed by atoms with Crippen LogP contribution in [0.15, 0.2) is 59.5 Å². The van der Waals surface area contributed by atoms with Gasteiger partial charge >= 0.3 is 0 Å². The third kappa shape index (κ3) is 3.80. The summed E-state index contributed by atoms with van der Waals surface area (Å²) in [6, 6.07) is 13.0. The van der Waals surface area contributed by atoms with Crippen LogP contribution in [0.2, 0.25) is 5.02 Å². The average Bonchev–Trinajstić information content (AvgIpc) is 3.13. The highest BCUT2D eigenvalue weighted by Crippen LogP contribution is 2.31. The summed E-state index contributed by atoms with van der Waals surface area (Å²) in [6.07, 6.45) is 1.52. The van der Waals surface area contributed by atoms with Gasteiger partial charge in [0.25, 0.3) is 5.56 Å². The number of halogens is 2. The van der Waals surface area contributed by atoms with Crippen molar-refractivity contribution >= 4 is 28.6 Å². The summed E-state index contributed by atoms with van der Waals surface area (Å²) in [7, 11) is 0. The first kappa shape index (κ1) is 20.1. The molecule has 30 heavy (non-hydrogen) atoms. The largest absolute Gasteiger partial charge is 0.345 e. The molecule has 0 saturated carbocycles. The second-order valence-corrected chi connectivity index (χ2v) is 8.44. The Bertz CT molecular complexity index is 1260. The molecule has 4 aromatic rings. The highest BCUT2D eigenvalue weighted by atomic mass is 35.5. The molecular formula is C22H21ClFN5O. The Kier molecular flexibility index (Phi) is 5.07. The Morgan fingerprint density at radius 3 is 2.50 bits per heavy atom. The predicted molar refractivity (Wildman–Crippen MR) is 116 cm³/mol. The molecule has 4 rings (SSSR count). The van der Waals surface area contributed by atoms with Crippen LogP contribution in [-0.2, 0) is 5.54 Å². The molecule has 2 N–H and O–H groups in total. The molecule has 0 amide bonds. The fourth-order valence-corrected chi connectivity index (χ4v) is 3.56. The zero-order chi connectivity index (χ0) is 21.5. The van der Waals surface area contributed by atoms with E-state index in [1.54, 1.807) is 22.9 Å². The van der Waals surface area contributed by atoms with Gasteiger partial charge in [-0.2, -0.15) is 10.1 Å². The van der Waals surface area contributed by atoms with Gasteiger partial charge in [-0.15, -0.1) is 0 Å². The van der Waals surface area contributed by atoms with Crippen molar-refractivity contribution in [1.82, 2.24) is 19.7 Å². The van der Waals surface area contributed by atoms with Crippen molar-refractivity contribution in [2.45, 2.75) is 32.4 Å². The predicted octanol–water partition coefficient (Wildman–Crippen LogP) is 4.87. The standard InChI is InChI=1S/C22H21ClFN5O/c1-22(2,3)29-19-16(12-25-29)20(30)28-21(27-19)26-18(13-8-10-14(24)11-9-13)15-6-4-5-7-17(15)23/h4-12,18H,1-3H3,(H2,26,27,28,30). The number of rotatable bonds is 4. The molecule has 0 aliphatic heterocycles. The van der Waals surface area contributed by atoms with E-state index >= 15 is 0 Å². The number of aromatic nitrogens is 4. The Morgan fingerprint density at radius 1 is 1.13 bits per heavy atom. The summed E-state index contributed by atoms with van der Waals surface area (Å²) in [5, 5.41) is 8.54. The van der Waals surface area contributed by atoms with Crippen LogP contribution in [0.1, 0.15) is 37.9 Å². The Hall–Kier alpha value is -3.19. The Balaban J connectivity index is 1.84. The van der Waals surface area contributed by atoms with Gasteiger partial charge in [-0.1, -0.05) is 41.9 Å². The zero-order valence-electron chi connectivity index (χ0n) is 16.8. The molecule has 0 aliphatic rings. The maximum Gasteiger partial charge on any atom is 0.263 e. The van der Waals surface area contributed by atoms with E-state index in [1.807, 2.05) is 39.0 Å². The number of hydrogen-bond acceptors (Lipinski definition) is 4. The van der Waals surface area contributed by atoms with E-state index in [4.69, 9.17) is 11.6 Å². The van der Waals surface area contributed by atoms with Crippen LogP contribution < -0.4 is 10.9 Å². The van der Waals surface area contributed by atoms with Crippen molar-refractivity contribution in [3.05, 3.63) is 87.0 Å².